The number of carbonyl (C=O) groups excluding carboxylic acids is 1. The Labute approximate surface area is 183 Å². The van der Waals surface area contributed by atoms with E-state index in [1.165, 1.54) is 32.2 Å². The zero-order chi connectivity index (χ0) is 22.4. The topological polar surface area (TPSA) is 138 Å². The SMILES string of the molecule is CO/C(N)=N\C(C)(C)c1cc(NC(=O)c2cnc(OCc3cocn3)cn2)ccc1Cl. The molecule has 10 nitrogen and oxygen atoms in total. The zero-order valence-corrected chi connectivity index (χ0v) is 17.9. The number of hydrogen-bond donors (Lipinski definition) is 2. The van der Waals surface area contributed by atoms with E-state index in [-0.39, 0.29) is 24.2 Å². The Kier molecular flexibility index (Phi) is 6.71. The van der Waals surface area contributed by atoms with Gasteiger partial charge >= 0.3 is 0 Å². The monoisotopic (exact) mass is 444 g/mol. The van der Waals surface area contributed by atoms with Crippen LogP contribution in [0.15, 0.2) is 52.7 Å². The highest BCUT2D eigenvalue weighted by Gasteiger charge is 2.24. The number of aromatic nitrogens is 3. The van der Waals surface area contributed by atoms with Crippen LogP contribution in [0.2, 0.25) is 5.02 Å². The van der Waals surface area contributed by atoms with Crippen LogP contribution in [0, 0.1) is 0 Å². The number of nitrogens with one attached hydrogen (secondary N) is 1. The van der Waals surface area contributed by atoms with E-state index in [1.807, 2.05) is 13.8 Å². The van der Waals surface area contributed by atoms with E-state index >= 15 is 0 Å². The molecule has 11 heteroatoms. The van der Waals surface area contributed by atoms with E-state index in [9.17, 15) is 4.79 Å². The molecule has 0 aliphatic carbocycles. The van der Waals surface area contributed by atoms with Crippen LogP contribution in [0.25, 0.3) is 0 Å². The summed E-state index contributed by atoms with van der Waals surface area (Å²) in [5, 5.41) is 3.24. The average Bonchev–Trinajstić information content (AvgIpc) is 3.27. The van der Waals surface area contributed by atoms with Gasteiger partial charge in [-0.3, -0.25) is 4.79 Å². The van der Waals surface area contributed by atoms with Gasteiger partial charge in [0.05, 0.1) is 25.0 Å². The molecule has 0 atom stereocenters. The molecule has 0 fully saturated rings. The predicted molar refractivity (Wildman–Crippen MR) is 114 cm³/mol. The third-order valence-corrected chi connectivity index (χ3v) is 4.52. The van der Waals surface area contributed by atoms with E-state index in [4.69, 9.17) is 31.2 Å². The van der Waals surface area contributed by atoms with Crippen molar-refractivity contribution >= 4 is 29.2 Å². The third kappa shape index (κ3) is 5.70. The quantitative estimate of drug-likeness (QED) is 0.418. The van der Waals surface area contributed by atoms with Crippen molar-refractivity contribution in [2.24, 2.45) is 10.7 Å². The molecular formula is C20H21ClN6O4. The average molecular weight is 445 g/mol. The fraction of sp³-hybridized carbons (Fsp3) is 0.250. The Morgan fingerprint density at radius 1 is 1.29 bits per heavy atom. The lowest BCUT2D eigenvalue weighted by atomic mass is 9.94. The number of methoxy groups -OCH3 is 1. The molecule has 162 valence electrons. The van der Waals surface area contributed by atoms with Gasteiger partial charge < -0.3 is 24.9 Å². The number of rotatable bonds is 7. The second-order valence-electron chi connectivity index (χ2n) is 6.87. The molecule has 0 spiro atoms. The number of nitrogens with zero attached hydrogens (tertiary/aromatic N) is 4. The fourth-order valence-corrected chi connectivity index (χ4v) is 2.96. The van der Waals surface area contributed by atoms with Crippen molar-refractivity contribution in [2.45, 2.75) is 26.0 Å². The maximum atomic E-state index is 12.6. The number of amidine groups is 1. The van der Waals surface area contributed by atoms with Gasteiger partial charge in [0, 0.05) is 10.7 Å². The van der Waals surface area contributed by atoms with Crippen LogP contribution in [-0.2, 0) is 16.9 Å². The summed E-state index contributed by atoms with van der Waals surface area (Å²) in [7, 11) is 1.43. The van der Waals surface area contributed by atoms with Crippen molar-refractivity contribution in [3.8, 4) is 5.88 Å². The number of ether oxygens (including phenoxy) is 2. The minimum atomic E-state index is -0.777. The summed E-state index contributed by atoms with van der Waals surface area (Å²) in [5.41, 5.74) is 6.81. The highest BCUT2D eigenvalue weighted by molar-refractivity contribution is 6.31. The number of amides is 1. The first-order valence-corrected chi connectivity index (χ1v) is 9.49. The Balaban J connectivity index is 1.70. The summed E-state index contributed by atoms with van der Waals surface area (Å²) in [5.74, 6) is -0.190. The largest absolute Gasteiger partial charge is 0.470 e. The highest BCUT2D eigenvalue weighted by Crippen LogP contribution is 2.33. The fourth-order valence-electron chi connectivity index (χ4n) is 2.61. The van der Waals surface area contributed by atoms with Crippen LogP contribution in [0.3, 0.4) is 0 Å². The summed E-state index contributed by atoms with van der Waals surface area (Å²) in [4.78, 5) is 29.0. The smallest absolute Gasteiger partial charge is 0.282 e. The van der Waals surface area contributed by atoms with Crippen LogP contribution in [0.4, 0.5) is 5.69 Å². The second kappa shape index (κ2) is 9.43. The van der Waals surface area contributed by atoms with Gasteiger partial charge in [0.2, 0.25) is 5.88 Å². The molecule has 0 radical (unpaired) electrons. The lowest BCUT2D eigenvalue weighted by Crippen LogP contribution is -2.23. The van der Waals surface area contributed by atoms with Gasteiger partial charge in [-0.1, -0.05) is 11.6 Å². The van der Waals surface area contributed by atoms with Gasteiger partial charge in [-0.05, 0) is 37.6 Å². The van der Waals surface area contributed by atoms with Gasteiger partial charge in [0.25, 0.3) is 11.9 Å². The molecule has 0 aliphatic rings. The van der Waals surface area contributed by atoms with Gasteiger partial charge in [0.1, 0.15) is 24.3 Å². The molecule has 0 aliphatic heterocycles. The number of nitrogens with two attached hydrogens (primary N) is 1. The first kappa shape index (κ1) is 22.0. The summed E-state index contributed by atoms with van der Waals surface area (Å²) in [6.07, 6.45) is 5.44. The van der Waals surface area contributed by atoms with Crippen LogP contribution < -0.4 is 15.8 Å². The van der Waals surface area contributed by atoms with Crippen LogP contribution in [0.1, 0.15) is 35.6 Å². The minimum absolute atomic E-state index is 0.0247. The number of oxazole rings is 1. The lowest BCUT2D eigenvalue weighted by Gasteiger charge is -2.23. The molecule has 0 saturated heterocycles. The number of carbonyl (C=O) groups is 1. The van der Waals surface area contributed by atoms with Gasteiger partial charge in [-0.15, -0.1) is 0 Å². The molecule has 31 heavy (non-hydrogen) atoms. The summed E-state index contributed by atoms with van der Waals surface area (Å²) < 4.78 is 15.2. The van der Waals surface area contributed by atoms with Crippen LogP contribution in [0.5, 0.6) is 5.88 Å². The molecule has 0 saturated carbocycles. The van der Waals surface area contributed by atoms with Crippen molar-refractivity contribution in [1.29, 1.82) is 0 Å². The number of aliphatic imine (C=N–C) groups is 1. The molecule has 3 N–H and O–H groups in total. The zero-order valence-electron chi connectivity index (χ0n) is 17.1. The molecule has 2 heterocycles. The number of halogens is 1. The van der Waals surface area contributed by atoms with E-state index in [2.05, 4.69) is 25.3 Å². The van der Waals surface area contributed by atoms with E-state index in [0.29, 0.717) is 22.0 Å². The van der Waals surface area contributed by atoms with Gasteiger partial charge in [-0.2, -0.15) is 0 Å². The van der Waals surface area contributed by atoms with Crippen LogP contribution in [-0.4, -0.2) is 34.0 Å². The first-order chi connectivity index (χ1) is 14.8. The molecule has 3 aromatic rings. The maximum absolute atomic E-state index is 12.6. The highest BCUT2D eigenvalue weighted by atomic mass is 35.5. The van der Waals surface area contributed by atoms with E-state index in [0.717, 1.165) is 0 Å². The molecule has 3 rings (SSSR count). The summed E-state index contributed by atoms with van der Waals surface area (Å²) >= 11 is 6.33. The summed E-state index contributed by atoms with van der Waals surface area (Å²) in [6, 6.07) is 5.08. The molecule has 0 bridgehead atoms. The Morgan fingerprint density at radius 3 is 2.74 bits per heavy atom. The van der Waals surface area contributed by atoms with Gasteiger partial charge in [-0.25, -0.2) is 19.9 Å². The third-order valence-electron chi connectivity index (χ3n) is 4.19. The van der Waals surface area contributed by atoms with Crippen molar-refractivity contribution in [3.05, 3.63) is 65.2 Å². The van der Waals surface area contributed by atoms with Crippen molar-refractivity contribution in [3.63, 3.8) is 0 Å². The Bertz CT molecular complexity index is 1070. The number of hydrogen-bond acceptors (Lipinski definition) is 8. The van der Waals surface area contributed by atoms with Crippen molar-refractivity contribution < 1.29 is 18.7 Å². The minimum Gasteiger partial charge on any atom is -0.470 e. The van der Waals surface area contributed by atoms with E-state index < -0.39 is 11.4 Å². The predicted octanol–water partition coefficient (Wildman–Crippen LogP) is 3.15. The molecule has 1 aromatic carbocycles. The molecular weight excluding hydrogens is 424 g/mol. The van der Waals surface area contributed by atoms with Crippen molar-refractivity contribution in [2.75, 3.05) is 12.4 Å². The normalized spacial score (nSPS) is 11.8. The van der Waals surface area contributed by atoms with Crippen LogP contribution >= 0.6 is 11.6 Å². The first-order valence-electron chi connectivity index (χ1n) is 9.11. The summed E-state index contributed by atoms with van der Waals surface area (Å²) in [6.45, 7) is 3.83. The molecule has 2 aromatic heterocycles. The van der Waals surface area contributed by atoms with Crippen molar-refractivity contribution in [1.82, 2.24) is 15.0 Å². The number of anilines is 1. The Morgan fingerprint density at radius 2 is 2.10 bits per heavy atom. The maximum Gasteiger partial charge on any atom is 0.282 e. The lowest BCUT2D eigenvalue weighted by molar-refractivity contribution is 0.102. The standard InChI is InChI=1S/C20H21ClN6O4/c1-20(2,27-19(22)29-3)14-6-12(4-5-15(14)21)26-18(28)16-7-24-17(8-23-16)31-10-13-9-30-11-25-13/h4-9,11H,10H2,1-3H3,(H2,22,27)(H,26,28). The van der Waals surface area contributed by atoms with Gasteiger partial charge in [0.15, 0.2) is 6.39 Å². The number of benzene rings is 1. The van der Waals surface area contributed by atoms with E-state index in [1.54, 1.807) is 18.2 Å². The molecule has 1 amide bonds. The molecule has 0 unspecified atom stereocenters. The Hall–Kier alpha value is -3.66. The second-order valence-corrected chi connectivity index (χ2v) is 7.28.